The summed E-state index contributed by atoms with van der Waals surface area (Å²) in [5.41, 5.74) is 1.16. The Bertz CT molecular complexity index is 824. The summed E-state index contributed by atoms with van der Waals surface area (Å²) in [7, 11) is 1.63. The summed E-state index contributed by atoms with van der Waals surface area (Å²) < 4.78 is 47.4. The predicted molar refractivity (Wildman–Crippen MR) is 102 cm³/mol. The van der Waals surface area contributed by atoms with Crippen molar-refractivity contribution in [1.29, 1.82) is 0 Å². The molecule has 0 aromatic heterocycles. The van der Waals surface area contributed by atoms with Crippen LogP contribution in [0.25, 0.3) is 0 Å². The van der Waals surface area contributed by atoms with Crippen LogP contribution in [0.3, 0.4) is 0 Å². The molecule has 0 aliphatic heterocycles. The summed E-state index contributed by atoms with van der Waals surface area (Å²) in [6.45, 7) is -2.26. The highest BCUT2D eigenvalue weighted by molar-refractivity contribution is 5.94. The van der Waals surface area contributed by atoms with Crippen molar-refractivity contribution in [3.8, 4) is 11.5 Å². The third-order valence-electron chi connectivity index (χ3n) is 4.84. The van der Waals surface area contributed by atoms with Crippen molar-refractivity contribution in [1.82, 2.24) is 10.6 Å². The van der Waals surface area contributed by atoms with Crippen LogP contribution in [0.1, 0.15) is 28.8 Å². The maximum absolute atomic E-state index is 13.5. The second-order valence-corrected chi connectivity index (χ2v) is 6.95. The van der Waals surface area contributed by atoms with Crippen LogP contribution in [0.15, 0.2) is 42.5 Å². The Hall–Kier alpha value is -2.74. The van der Waals surface area contributed by atoms with Crippen molar-refractivity contribution in [2.75, 3.05) is 13.7 Å². The minimum Gasteiger partial charge on any atom is -0.497 e. The number of hydrogen-bond donors (Lipinski definition) is 2. The molecule has 2 N–H and O–H groups in total. The maximum atomic E-state index is 13.5. The van der Waals surface area contributed by atoms with E-state index in [0.717, 1.165) is 49.8 Å². The maximum Gasteiger partial charge on any atom is 0.387 e. The molecule has 3 rings (SSSR count). The Morgan fingerprint density at radius 2 is 1.83 bits per heavy atom. The molecule has 0 atom stereocenters. The third kappa shape index (κ3) is 6.12. The lowest BCUT2D eigenvalue weighted by Gasteiger charge is -2.36. The van der Waals surface area contributed by atoms with E-state index in [1.807, 2.05) is 24.3 Å². The lowest BCUT2D eigenvalue weighted by atomic mass is 9.86. The van der Waals surface area contributed by atoms with E-state index in [4.69, 9.17) is 4.74 Å². The van der Waals surface area contributed by atoms with Gasteiger partial charge in [0.25, 0.3) is 5.91 Å². The third-order valence-corrected chi connectivity index (χ3v) is 4.84. The lowest BCUT2D eigenvalue weighted by Crippen LogP contribution is -2.52. The number of alkyl halides is 2. The molecule has 1 aliphatic rings. The second-order valence-electron chi connectivity index (χ2n) is 6.95. The zero-order valence-corrected chi connectivity index (χ0v) is 16.0. The van der Waals surface area contributed by atoms with Gasteiger partial charge in [-0.1, -0.05) is 12.1 Å². The average Bonchev–Trinajstić information content (AvgIpc) is 2.65. The first-order valence-corrected chi connectivity index (χ1v) is 9.35. The molecule has 0 heterocycles. The van der Waals surface area contributed by atoms with E-state index in [0.29, 0.717) is 6.04 Å². The fourth-order valence-corrected chi connectivity index (χ4v) is 3.25. The van der Waals surface area contributed by atoms with Crippen LogP contribution >= 0.6 is 0 Å². The Kier molecular flexibility index (Phi) is 6.98. The van der Waals surface area contributed by atoms with Crippen LogP contribution in [-0.2, 0) is 6.42 Å². The van der Waals surface area contributed by atoms with E-state index >= 15 is 0 Å². The van der Waals surface area contributed by atoms with Gasteiger partial charge in [0.05, 0.1) is 7.11 Å². The van der Waals surface area contributed by atoms with Gasteiger partial charge in [0, 0.05) is 23.7 Å². The predicted octanol–water partition coefficient (Wildman–Crippen LogP) is 3.53. The molecule has 0 saturated heterocycles. The fourth-order valence-electron chi connectivity index (χ4n) is 3.25. The SMILES string of the molecule is COc1ccc(CCNC2CC(NC(=O)c3cc(F)cc(OC(F)F)c3)C2)cc1. The first-order chi connectivity index (χ1) is 13.9. The Labute approximate surface area is 167 Å². The Morgan fingerprint density at radius 3 is 2.48 bits per heavy atom. The highest BCUT2D eigenvalue weighted by Crippen LogP contribution is 2.22. The Morgan fingerprint density at radius 1 is 1.10 bits per heavy atom. The number of hydrogen-bond acceptors (Lipinski definition) is 4. The smallest absolute Gasteiger partial charge is 0.387 e. The van der Waals surface area contributed by atoms with Crippen LogP contribution in [-0.4, -0.2) is 38.3 Å². The van der Waals surface area contributed by atoms with Gasteiger partial charge in [-0.25, -0.2) is 4.39 Å². The largest absolute Gasteiger partial charge is 0.497 e. The minimum atomic E-state index is -3.08. The van der Waals surface area contributed by atoms with E-state index in [2.05, 4.69) is 15.4 Å². The number of halogens is 3. The van der Waals surface area contributed by atoms with Gasteiger partial charge in [-0.05, 0) is 55.6 Å². The van der Waals surface area contributed by atoms with Crippen molar-refractivity contribution in [2.24, 2.45) is 0 Å². The molecular weight excluding hydrogens is 385 g/mol. The number of rotatable bonds is 9. The van der Waals surface area contributed by atoms with Crippen LogP contribution in [0, 0.1) is 5.82 Å². The number of nitrogens with one attached hydrogen (secondary N) is 2. The van der Waals surface area contributed by atoms with Crippen LogP contribution < -0.4 is 20.1 Å². The standard InChI is InChI=1S/C21H23F3N2O3/c1-28-18-4-2-13(3-5-18)6-7-25-16-11-17(12-16)26-20(27)14-8-15(22)10-19(9-14)29-21(23)24/h2-5,8-10,16-17,21,25H,6-7,11-12H2,1H3,(H,26,27). The topological polar surface area (TPSA) is 59.6 Å². The summed E-state index contributed by atoms with van der Waals surface area (Å²) in [6.07, 6.45) is 2.39. The summed E-state index contributed by atoms with van der Waals surface area (Å²) >= 11 is 0. The molecule has 0 radical (unpaired) electrons. The minimum absolute atomic E-state index is 0.0382. The quantitative estimate of drug-likeness (QED) is 0.667. The van der Waals surface area contributed by atoms with Crippen LogP contribution in [0.2, 0.25) is 0 Å². The molecule has 29 heavy (non-hydrogen) atoms. The van der Waals surface area contributed by atoms with Crippen LogP contribution in [0.5, 0.6) is 11.5 Å². The summed E-state index contributed by atoms with van der Waals surface area (Å²) in [4.78, 5) is 12.2. The molecule has 1 saturated carbocycles. The number of carbonyl (C=O) groups is 1. The van der Waals surface area contributed by atoms with E-state index < -0.39 is 18.3 Å². The summed E-state index contributed by atoms with van der Waals surface area (Å²) in [6, 6.07) is 11.1. The van der Waals surface area contributed by atoms with Crippen molar-refractivity contribution in [2.45, 2.75) is 38.0 Å². The summed E-state index contributed by atoms with van der Waals surface area (Å²) in [5, 5.41) is 6.22. The summed E-state index contributed by atoms with van der Waals surface area (Å²) in [5.74, 6) is -0.868. The highest BCUT2D eigenvalue weighted by atomic mass is 19.3. The zero-order valence-electron chi connectivity index (χ0n) is 16.0. The van der Waals surface area contributed by atoms with Crippen molar-refractivity contribution in [3.05, 3.63) is 59.4 Å². The van der Waals surface area contributed by atoms with Crippen molar-refractivity contribution >= 4 is 5.91 Å². The first kappa shape index (κ1) is 21.0. The van der Waals surface area contributed by atoms with Crippen molar-refractivity contribution < 1.29 is 27.4 Å². The normalized spacial score (nSPS) is 18.2. The molecular formula is C21H23F3N2O3. The Balaban J connectivity index is 1.40. The van der Waals surface area contributed by atoms with Gasteiger partial charge in [-0.2, -0.15) is 8.78 Å². The van der Waals surface area contributed by atoms with Gasteiger partial charge in [-0.15, -0.1) is 0 Å². The van der Waals surface area contributed by atoms with E-state index in [-0.39, 0.29) is 17.4 Å². The van der Waals surface area contributed by atoms with Gasteiger partial charge in [0.2, 0.25) is 0 Å². The molecule has 8 heteroatoms. The second kappa shape index (κ2) is 9.65. The van der Waals surface area contributed by atoms with Gasteiger partial charge in [0.15, 0.2) is 0 Å². The highest BCUT2D eigenvalue weighted by Gasteiger charge is 2.30. The molecule has 0 bridgehead atoms. The molecule has 156 valence electrons. The molecule has 2 aromatic carbocycles. The van der Waals surface area contributed by atoms with Gasteiger partial charge in [0.1, 0.15) is 17.3 Å². The number of ether oxygens (including phenoxy) is 2. The number of carbonyl (C=O) groups excluding carboxylic acids is 1. The van der Waals surface area contributed by atoms with Gasteiger partial charge in [-0.3, -0.25) is 4.79 Å². The van der Waals surface area contributed by atoms with Crippen molar-refractivity contribution in [3.63, 3.8) is 0 Å². The number of benzene rings is 2. The lowest BCUT2D eigenvalue weighted by molar-refractivity contribution is -0.0500. The first-order valence-electron chi connectivity index (χ1n) is 9.35. The van der Waals surface area contributed by atoms with E-state index in [9.17, 15) is 18.0 Å². The van der Waals surface area contributed by atoms with Crippen LogP contribution in [0.4, 0.5) is 13.2 Å². The number of amides is 1. The monoisotopic (exact) mass is 408 g/mol. The molecule has 1 fully saturated rings. The molecule has 2 aromatic rings. The van der Waals surface area contributed by atoms with Gasteiger partial charge < -0.3 is 20.1 Å². The molecule has 1 amide bonds. The number of methoxy groups -OCH3 is 1. The van der Waals surface area contributed by atoms with Gasteiger partial charge >= 0.3 is 6.61 Å². The zero-order chi connectivity index (χ0) is 20.8. The van der Waals surface area contributed by atoms with E-state index in [1.165, 1.54) is 5.56 Å². The van der Waals surface area contributed by atoms with E-state index in [1.54, 1.807) is 7.11 Å². The molecule has 5 nitrogen and oxygen atoms in total. The molecule has 1 aliphatic carbocycles. The molecule has 0 unspecified atom stereocenters. The molecule has 0 spiro atoms. The fraction of sp³-hybridized carbons (Fsp3) is 0.381. The average molecular weight is 408 g/mol.